The molecule has 2 aromatic rings. The highest BCUT2D eigenvalue weighted by atomic mass is 35.5. The predicted octanol–water partition coefficient (Wildman–Crippen LogP) is 6.32. The summed E-state index contributed by atoms with van der Waals surface area (Å²) in [6.45, 7) is 1.29. The SMILES string of the molecule is CC[C@@H](C(=O)NC1CCCCC1)N(Cc1ccc(Cl)c(Cl)c1)C(=O)CN(c1cc(Cl)cc(Cl)c1)S(C)(=O)=O. The van der Waals surface area contributed by atoms with Crippen LogP contribution in [-0.4, -0.2) is 50.0 Å². The van der Waals surface area contributed by atoms with Crippen LogP contribution in [0.15, 0.2) is 36.4 Å². The number of carbonyl (C=O) groups is 2. The van der Waals surface area contributed by atoms with Gasteiger partial charge in [-0.3, -0.25) is 13.9 Å². The Kier molecular flexibility index (Phi) is 11.0. The summed E-state index contributed by atoms with van der Waals surface area (Å²) in [6.07, 6.45) is 6.32. The second-order valence-corrected chi connectivity index (χ2v) is 13.0. The van der Waals surface area contributed by atoms with Crippen molar-refractivity contribution in [1.82, 2.24) is 10.2 Å². The van der Waals surface area contributed by atoms with E-state index < -0.39 is 28.5 Å². The minimum Gasteiger partial charge on any atom is -0.352 e. The van der Waals surface area contributed by atoms with Crippen molar-refractivity contribution in [1.29, 1.82) is 0 Å². The maximum absolute atomic E-state index is 13.8. The van der Waals surface area contributed by atoms with E-state index in [2.05, 4.69) is 5.32 Å². The molecule has 2 aromatic carbocycles. The van der Waals surface area contributed by atoms with Crippen LogP contribution in [0.5, 0.6) is 0 Å². The molecule has 1 aliphatic rings. The van der Waals surface area contributed by atoms with Crippen LogP contribution < -0.4 is 9.62 Å². The van der Waals surface area contributed by atoms with E-state index in [1.165, 1.54) is 23.1 Å². The number of anilines is 1. The molecule has 1 aliphatic carbocycles. The van der Waals surface area contributed by atoms with Gasteiger partial charge in [-0.15, -0.1) is 0 Å². The Morgan fingerprint density at radius 1 is 0.974 bits per heavy atom. The minimum absolute atomic E-state index is 0.0280. The van der Waals surface area contributed by atoms with Gasteiger partial charge in [0.05, 0.1) is 22.0 Å². The van der Waals surface area contributed by atoms with Crippen LogP contribution in [0.1, 0.15) is 51.0 Å². The number of hydrogen-bond donors (Lipinski definition) is 1. The van der Waals surface area contributed by atoms with Crippen LogP contribution in [0, 0.1) is 0 Å². The van der Waals surface area contributed by atoms with Gasteiger partial charge in [0.1, 0.15) is 12.6 Å². The van der Waals surface area contributed by atoms with Gasteiger partial charge in [0.2, 0.25) is 21.8 Å². The molecule has 1 N–H and O–H groups in total. The zero-order valence-electron chi connectivity index (χ0n) is 21.2. The van der Waals surface area contributed by atoms with Gasteiger partial charge in [-0.1, -0.05) is 78.7 Å². The molecule has 0 spiro atoms. The Balaban J connectivity index is 1.95. The summed E-state index contributed by atoms with van der Waals surface area (Å²) in [5, 5.41) is 4.20. The molecular formula is C26H31Cl4N3O4S. The summed E-state index contributed by atoms with van der Waals surface area (Å²) >= 11 is 24.5. The number of benzene rings is 2. The lowest BCUT2D eigenvalue weighted by molar-refractivity contribution is -0.140. The molecule has 0 heterocycles. The highest BCUT2D eigenvalue weighted by Crippen LogP contribution is 2.28. The average molecular weight is 623 g/mol. The van der Waals surface area contributed by atoms with Crippen LogP contribution in [-0.2, 0) is 26.2 Å². The third-order valence-corrected chi connectivity index (χ3v) is 8.80. The molecule has 0 aliphatic heterocycles. The van der Waals surface area contributed by atoms with Crippen molar-refractivity contribution in [3.05, 3.63) is 62.1 Å². The van der Waals surface area contributed by atoms with Gasteiger partial charge in [0.25, 0.3) is 0 Å². The predicted molar refractivity (Wildman–Crippen MR) is 155 cm³/mol. The molecular weight excluding hydrogens is 592 g/mol. The van der Waals surface area contributed by atoms with Crippen molar-refractivity contribution >= 4 is 73.9 Å². The van der Waals surface area contributed by atoms with Crippen molar-refractivity contribution in [3.63, 3.8) is 0 Å². The molecule has 2 amide bonds. The topological polar surface area (TPSA) is 86.8 Å². The van der Waals surface area contributed by atoms with Gasteiger partial charge >= 0.3 is 0 Å². The van der Waals surface area contributed by atoms with Gasteiger partial charge in [0.15, 0.2) is 0 Å². The molecule has 0 radical (unpaired) electrons. The first-order chi connectivity index (χ1) is 17.9. The molecule has 12 heteroatoms. The summed E-state index contributed by atoms with van der Waals surface area (Å²) < 4.78 is 26.4. The zero-order chi connectivity index (χ0) is 28.0. The third-order valence-electron chi connectivity index (χ3n) is 6.49. The Hall–Kier alpha value is -1.71. The fraction of sp³-hybridized carbons (Fsp3) is 0.462. The summed E-state index contributed by atoms with van der Waals surface area (Å²) in [4.78, 5) is 28.6. The lowest BCUT2D eigenvalue weighted by Crippen LogP contribution is -2.53. The number of rotatable bonds is 10. The second kappa shape index (κ2) is 13.6. The van der Waals surface area contributed by atoms with Gasteiger partial charge < -0.3 is 10.2 Å². The maximum atomic E-state index is 13.8. The number of hydrogen-bond acceptors (Lipinski definition) is 4. The fourth-order valence-electron chi connectivity index (χ4n) is 4.60. The average Bonchev–Trinajstić information content (AvgIpc) is 2.83. The molecule has 1 atom stereocenters. The van der Waals surface area contributed by atoms with Crippen molar-refractivity contribution < 1.29 is 18.0 Å². The van der Waals surface area contributed by atoms with Crippen LogP contribution >= 0.6 is 46.4 Å². The van der Waals surface area contributed by atoms with Crippen molar-refractivity contribution in [3.8, 4) is 0 Å². The highest BCUT2D eigenvalue weighted by molar-refractivity contribution is 7.92. The second-order valence-electron chi connectivity index (χ2n) is 9.43. The molecule has 38 heavy (non-hydrogen) atoms. The molecule has 208 valence electrons. The standard InChI is InChI=1S/C26H31Cl4N3O4S/c1-3-24(26(35)31-20-7-5-4-6-8-20)32(15-17-9-10-22(29)23(30)11-17)25(34)16-33(38(2,36)37)21-13-18(27)12-19(28)14-21/h9-14,20,24H,3-8,15-16H2,1-2H3,(H,31,35)/t24-/m0/s1. The van der Waals surface area contributed by atoms with Crippen molar-refractivity contribution in [2.75, 3.05) is 17.1 Å². The molecule has 0 aromatic heterocycles. The number of nitrogens with one attached hydrogen (secondary N) is 1. The molecule has 0 unspecified atom stereocenters. The molecule has 3 rings (SSSR count). The van der Waals surface area contributed by atoms with E-state index in [0.29, 0.717) is 22.0 Å². The Bertz CT molecular complexity index is 1250. The van der Waals surface area contributed by atoms with Crippen molar-refractivity contribution in [2.24, 2.45) is 0 Å². The van der Waals surface area contributed by atoms with Gasteiger partial charge in [-0.2, -0.15) is 0 Å². The number of carbonyl (C=O) groups excluding carboxylic acids is 2. The van der Waals surface area contributed by atoms with Gasteiger partial charge in [-0.05, 0) is 55.2 Å². The fourth-order valence-corrected chi connectivity index (χ4v) is 6.26. The number of sulfonamides is 1. The summed E-state index contributed by atoms with van der Waals surface area (Å²) in [6, 6.07) is 8.47. The van der Waals surface area contributed by atoms with Gasteiger partial charge in [0, 0.05) is 22.6 Å². The highest BCUT2D eigenvalue weighted by Gasteiger charge is 2.33. The van der Waals surface area contributed by atoms with E-state index in [1.54, 1.807) is 18.2 Å². The minimum atomic E-state index is -3.91. The first kappa shape index (κ1) is 30.8. The largest absolute Gasteiger partial charge is 0.352 e. The summed E-state index contributed by atoms with van der Waals surface area (Å²) in [5.74, 6) is -0.840. The summed E-state index contributed by atoms with van der Waals surface area (Å²) in [7, 11) is -3.91. The third kappa shape index (κ3) is 8.39. The van der Waals surface area contributed by atoms with E-state index in [9.17, 15) is 18.0 Å². The first-order valence-corrected chi connectivity index (χ1v) is 15.7. The Labute approximate surface area is 244 Å². The van der Waals surface area contributed by atoms with Crippen LogP contribution in [0.2, 0.25) is 20.1 Å². The number of amides is 2. The van der Waals surface area contributed by atoms with Crippen LogP contribution in [0.25, 0.3) is 0 Å². The van der Waals surface area contributed by atoms with E-state index in [4.69, 9.17) is 46.4 Å². The molecule has 7 nitrogen and oxygen atoms in total. The molecule has 0 bridgehead atoms. The zero-order valence-corrected chi connectivity index (χ0v) is 25.1. The van der Waals surface area contributed by atoms with Crippen LogP contribution in [0.3, 0.4) is 0 Å². The summed E-state index contributed by atoms with van der Waals surface area (Å²) in [5.41, 5.74) is 0.793. The van der Waals surface area contributed by atoms with E-state index in [0.717, 1.165) is 42.7 Å². The first-order valence-electron chi connectivity index (χ1n) is 12.4. The number of halogens is 4. The van der Waals surface area contributed by atoms with E-state index >= 15 is 0 Å². The van der Waals surface area contributed by atoms with E-state index in [1.807, 2.05) is 6.92 Å². The smallest absolute Gasteiger partial charge is 0.244 e. The van der Waals surface area contributed by atoms with Crippen molar-refractivity contribution in [2.45, 2.75) is 64.1 Å². The Morgan fingerprint density at radius 2 is 1.61 bits per heavy atom. The van der Waals surface area contributed by atoms with E-state index in [-0.39, 0.29) is 34.2 Å². The molecule has 0 saturated heterocycles. The Morgan fingerprint density at radius 3 is 2.16 bits per heavy atom. The monoisotopic (exact) mass is 621 g/mol. The quantitative estimate of drug-likeness (QED) is 0.336. The maximum Gasteiger partial charge on any atom is 0.244 e. The lowest BCUT2D eigenvalue weighted by atomic mass is 9.95. The molecule has 1 fully saturated rings. The normalized spacial score (nSPS) is 15.1. The lowest BCUT2D eigenvalue weighted by Gasteiger charge is -2.34. The van der Waals surface area contributed by atoms with Gasteiger partial charge in [-0.25, -0.2) is 8.42 Å². The van der Waals surface area contributed by atoms with Crippen LogP contribution in [0.4, 0.5) is 5.69 Å². The molecule has 1 saturated carbocycles. The number of nitrogens with zero attached hydrogens (tertiary/aromatic N) is 2.